The number of fused-ring (bicyclic) bond motifs is 1. The van der Waals surface area contributed by atoms with Gasteiger partial charge in [-0.15, -0.1) is 0 Å². The van der Waals surface area contributed by atoms with Gasteiger partial charge in [0.1, 0.15) is 10.2 Å². The van der Waals surface area contributed by atoms with Gasteiger partial charge in [-0.2, -0.15) is 8.42 Å². The van der Waals surface area contributed by atoms with Gasteiger partial charge in [0.05, 0.1) is 0 Å². The molecule has 1 aromatic rings. The van der Waals surface area contributed by atoms with Crippen LogP contribution in [0.15, 0.2) is 45.6 Å². The van der Waals surface area contributed by atoms with Gasteiger partial charge in [0.15, 0.2) is 0 Å². The number of rotatable bonds is 4. The van der Waals surface area contributed by atoms with Crippen LogP contribution in [0.1, 0.15) is 15.9 Å². The molecule has 1 aliphatic rings. The Hall–Kier alpha value is -3.04. The molecule has 0 saturated heterocycles. The smallest absolute Gasteiger partial charge is 0.298 e. The highest BCUT2D eigenvalue weighted by atomic mass is 32.2. The molecular formula is C10H6N6O5S. The zero-order valence-corrected chi connectivity index (χ0v) is 11.4. The molecule has 1 atom stereocenters. The molecule has 0 bridgehead atoms. The molecular weight excluding hydrogens is 316 g/mol. The second kappa shape index (κ2) is 5.39. The van der Waals surface area contributed by atoms with Crippen LogP contribution in [0.5, 0.6) is 0 Å². The number of nitrogens with zero attached hydrogens (tertiary/aromatic N) is 6. The molecule has 11 nitrogen and oxygen atoms in total. The molecule has 1 unspecified atom stereocenters. The Morgan fingerprint density at radius 3 is 2.50 bits per heavy atom. The van der Waals surface area contributed by atoms with E-state index in [0.717, 1.165) is 0 Å². The monoisotopic (exact) mass is 322 g/mol. The fraction of sp³-hybridized carbons (Fsp3) is 0.100. The SMILES string of the molecule is [N-]=[N+]=NOC1(N=[N+]=[N-])C=C(S(=O)(=O)O)C(=O)c2ccccc21. The van der Waals surface area contributed by atoms with Crippen molar-refractivity contribution in [2.45, 2.75) is 5.72 Å². The van der Waals surface area contributed by atoms with E-state index < -0.39 is 26.5 Å². The summed E-state index contributed by atoms with van der Waals surface area (Å²) < 4.78 is 31.8. The minimum atomic E-state index is -4.92. The Bertz CT molecular complexity index is 881. The van der Waals surface area contributed by atoms with Crippen LogP contribution in [0.2, 0.25) is 0 Å². The topological polar surface area (TPSA) is 178 Å². The van der Waals surface area contributed by atoms with Crippen molar-refractivity contribution in [1.29, 1.82) is 0 Å². The maximum Gasteiger partial charge on any atom is 0.298 e. The summed E-state index contributed by atoms with van der Waals surface area (Å²) in [6.45, 7) is 0. The molecule has 0 aromatic heterocycles. The first-order chi connectivity index (χ1) is 10.4. The van der Waals surface area contributed by atoms with Crippen LogP contribution in [0.3, 0.4) is 0 Å². The van der Waals surface area contributed by atoms with Gasteiger partial charge in [0, 0.05) is 21.0 Å². The molecule has 22 heavy (non-hydrogen) atoms. The summed E-state index contributed by atoms with van der Waals surface area (Å²) in [6.07, 6.45) is 0.585. The van der Waals surface area contributed by atoms with E-state index in [1.165, 1.54) is 24.3 Å². The first-order valence-electron chi connectivity index (χ1n) is 5.49. The fourth-order valence-corrected chi connectivity index (χ4v) is 2.62. The number of ketones is 1. The number of carbonyl (C=O) groups is 1. The summed E-state index contributed by atoms with van der Waals surface area (Å²) in [5, 5.41) is 6.09. The van der Waals surface area contributed by atoms with Crippen LogP contribution < -0.4 is 0 Å². The van der Waals surface area contributed by atoms with E-state index in [1.807, 2.05) is 0 Å². The Balaban J connectivity index is 2.88. The molecule has 2 rings (SSSR count). The minimum absolute atomic E-state index is 0.0300. The summed E-state index contributed by atoms with van der Waals surface area (Å²) in [7, 11) is -4.92. The third kappa shape index (κ3) is 2.45. The molecule has 0 aliphatic heterocycles. The number of carbonyl (C=O) groups excluding carboxylic acids is 1. The van der Waals surface area contributed by atoms with Crippen LogP contribution >= 0.6 is 0 Å². The molecule has 0 heterocycles. The first kappa shape index (κ1) is 15.4. The van der Waals surface area contributed by atoms with Crippen molar-refractivity contribution >= 4 is 15.9 Å². The molecule has 0 amide bonds. The number of allylic oxidation sites excluding steroid dienone is 1. The van der Waals surface area contributed by atoms with Crippen molar-refractivity contribution in [1.82, 2.24) is 0 Å². The molecule has 0 fully saturated rings. The van der Waals surface area contributed by atoms with Crippen molar-refractivity contribution in [2.75, 3.05) is 0 Å². The van der Waals surface area contributed by atoms with E-state index in [-0.39, 0.29) is 11.1 Å². The van der Waals surface area contributed by atoms with E-state index in [1.54, 1.807) is 0 Å². The number of Topliss-reactive ketones (excluding diaryl/α,β-unsaturated/α-hetero) is 1. The molecule has 112 valence electrons. The quantitative estimate of drug-likeness (QED) is 0.293. The van der Waals surface area contributed by atoms with Crippen LogP contribution in [-0.2, 0) is 20.7 Å². The number of hydrogen-bond acceptors (Lipinski definition) is 6. The predicted molar refractivity (Wildman–Crippen MR) is 71.5 cm³/mol. The molecule has 0 spiro atoms. The zero-order valence-electron chi connectivity index (χ0n) is 10.6. The van der Waals surface area contributed by atoms with Crippen molar-refractivity contribution in [2.24, 2.45) is 10.4 Å². The largest absolute Gasteiger partial charge is 0.411 e. The summed E-state index contributed by atoms with van der Waals surface area (Å²) in [4.78, 5) is 20.7. The van der Waals surface area contributed by atoms with Crippen LogP contribution in [0.4, 0.5) is 0 Å². The molecule has 1 aromatic carbocycles. The van der Waals surface area contributed by atoms with Gasteiger partial charge >= 0.3 is 0 Å². The summed E-state index contributed by atoms with van der Waals surface area (Å²) >= 11 is 0. The summed E-state index contributed by atoms with van der Waals surface area (Å²) in [5.41, 5.74) is 14.6. The first-order valence-corrected chi connectivity index (χ1v) is 6.93. The van der Waals surface area contributed by atoms with Gasteiger partial charge in [0.25, 0.3) is 10.1 Å². The average molecular weight is 322 g/mol. The summed E-state index contributed by atoms with van der Waals surface area (Å²) in [6, 6.07) is 5.47. The highest BCUT2D eigenvalue weighted by Crippen LogP contribution is 2.39. The van der Waals surface area contributed by atoms with Crippen molar-refractivity contribution in [3.8, 4) is 0 Å². The van der Waals surface area contributed by atoms with Gasteiger partial charge < -0.3 is 4.84 Å². The van der Waals surface area contributed by atoms with E-state index in [4.69, 9.17) is 20.5 Å². The van der Waals surface area contributed by atoms with Crippen molar-refractivity contribution in [3.63, 3.8) is 0 Å². The van der Waals surface area contributed by atoms with E-state index in [0.29, 0.717) is 6.08 Å². The van der Waals surface area contributed by atoms with Crippen LogP contribution in [-0.4, -0.2) is 18.8 Å². The van der Waals surface area contributed by atoms with E-state index >= 15 is 0 Å². The molecule has 1 N–H and O–H groups in total. The van der Waals surface area contributed by atoms with Gasteiger partial charge in [0.2, 0.25) is 11.5 Å². The molecule has 0 radical (unpaired) electrons. The third-order valence-electron chi connectivity index (χ3n) is 2.80. The van der Waals surface area contributed by atoms with Gasteiger partial charge in [-0.25, -0.2) is 0 Å². The standard InChI is InChI=1S/C10H6N6O5S/c11-14-13-10(21-16-15-12)5-8(22(18,19)20)9(17)6-3-1-2-4-7(6)10/h1-5H,(H,18,19,20). The van der Waals surface area contributed by atoms with Crippen molar-refractivity contribution < 1.29 is 22.6 Å². The number of azide groups is 2. The highest BCUT2D eigenvalue weighted by Gasteiger charge is 2.43. The molecule has 1 aliphatic carbocycles. The fourth-order valence-electron chi connectivity index (χ4n) is 1.96. The lowest BCUT2D eigenvalue weighted by atomic mass is 9.89. The third-order valence-corrected chi connectivity index (χ3v) is 3.65. The van der Waals surface area contributed by atoms with Gasteiger partial charge in [-0.1, -0.05) is 24.3 Å². The highest BCUT2D eigenvalue weighted by molar-refractivity contribution is 7.90. The molecule has 0 saturated carbocycles. The lowest BCUT2D eigenvalue weighted by Crippen LogP contribution is -2.32. The average Bonchev–Trinajstić information content (AvgIpc) is 2.48. The maximum absolute atomic E-state index is 12.1. The second-order valence-electron chi connectivity index (χ2n) is 4.01. The van der Waals surface area contributed by atoms with Gasteiger partial charge in [-0.05, 0) is 22.3 Å². The Morgan fingerprint density at radius 1 is 1.23 bits per heavy atom. The minimum Gasteiger partial charge on any atom is -0.411 e. The number of benzene rings is 1. The lowest BCUT2D eigenvalue weighted by molar-refractivity contribution is -0.00963. The molecule has 12 heteroatoms. The van der Waals surface area contributed by atoms with E-state index in [2.05, 4.69) is 20.2 Å². The van der Waals surface area contributed by atoms with E-state index in [9.17, 15) is 13.2 Å². The normalized spacial score (nSPS) is 20.0. The van der Waals surface area contributed by atoms with Crippen LogP contribution in [0, 0.1) is 0 Å². The predicted octanol–water partition coefficient (Wildman–Crippen LogP) is 2.36. The Morgan fingerprint density at radius 2 is 1.91 bits per heavy atom. The Labute approximate surface area is 122 Å². The zero-order chi connectivity index (χ0) is 16.4. The second-order valence-corrected chi connectivity index (χ2v) is 5.40. The maximum atomic E-state index is 12.1. The lowest BCUT2D eigenvalue weighted by Gasteiger charge is -2.29. The number of hydrogen-bond donors (Lipinski definition) is 1. The van der Waals surface area contributed by atoms with Gasteiger partial charge in [-0.3, -0.25) is 9.35 Å². The summed E-state index contributed by atoms with van der Waals surface area (Å²) in [5.74, 6) is -1.01. The Kier molecular flexibility index (Phi) is 3.76. The van der Waals surface area contributed by atoms with Crippen molar-refractivity contribution in [3.05, 3.63) is 67.3 Å². The van der Waals surface area contributed by atoms with Crippen LogP contribution in [0.25, 0.3) is 20.9 Å².